The van der Waals surface area contributed by atoms with Gasteiger partial charge in [0.25, 0.3) is 0 Å². The zero-order valence-electron chi connectivity index (χ0n) is 12.5. The summed E-state index contributed by atoms with van der Waals surface area (Å²) < 4.78 is 5.50. The Kier molecular flexibility index (Phi) is 5.45. The fraction of sp³-hybridized carbons (Fsp3) is 0.929. The minimum Gasteiger partial charge on any atom is -0.444 e. The van der Waals surface area contributed by atoms with Gasteiger partial charge in [-0.2, -0.15) is 0 Å². The molecule has 1 rings (SSSR count). The van der Waals surface area contributed by atoms with Gasteiger partial charge in [0.2, 0.25) is 0 Å². The molecule has 1 N–H and O–H groups in total. The average molecular weight is 256 g/mol. The largest absolute Gasteiger partial charge is 0.444 e. The number of amides is 1. The van der Waals surface area contributed by atoms with Gasteiger partial charge in [0.1, 0.15) is 5.60 Å². The molecule has 1 amide bonds. The number of nitrogens with one attached hydrogen (secondary N) is 1. The van der Waals surface area contributed by atoms with Gasteiger partial charge < -0.3 is 15.0 Å². The molecule has 1 atom stereocenters. The van der Waals surface area contributed by atoms with Crippen molar-refractivity contribution in [3.05, 3.63) is 0 Å². The highest BCUT2D eigenvalue weighted by Gasteiger charge is 2.29. The van der Waals surface area contributed by atoms with Crippen molar-refractivity contribution in [2.45, 2.75) is 59.1 Å². The second-order valence-electron chi connectivity index (χ2n) is 6.51. The first-order valence-corrected chi connectivity index (χ1v) is 7.00. The van der Waals surface area contributed by atoms with Gasteiger partial charge in [-0.3, -0.25) is 0 Å². The molecule has 0 radical (unpaired) electrons. The van der Waals surface area contributed by atoms with E-state index in [1.807, 2.05) is 25.7 Å². The zero-order valence-corrected chi connectivity index (χ0v) is 12.5. The number of hydrogen-bond donors (Lipinski definition) is 1. The van der Waals surface area contributed by atoms with Crippen LogP contribution in [0.3, 0.4) is 0 Å². The van der Waals surface area contributed by atoms with E-state index in [2.05, 4.69) is 19.2 Å². The molecule has 0 unspecified atom stereocenters. The van der Waals surface area contributed by atoms with E-state index < -0.39 is 5.60 Å². The molecule has 0 aromatic carbocycles. The summed E-state index contributed by atoms with van der Waals surface area (Å²) in [6.45, 7) is 12.8. The van der Waals surface area contributed by atoms with Crippen LogP contribution in [0.5, 0.6) is 0 Å². The first-order valence-electron chi connectivity index (χ1n) is 7.00. The van der Waals surface area contributed by atoms with Crippen LogP contribution in [0.25, 0.3) is 0 Å². The van der Waals surface area contributed by atoms with E-state index in [1.54, 1.807) is 0 Å². The van der Waals surface area contributed by atoms with Crippen molar-refractivity contribution >= 4 is 6.09 Å². The molecule has 1 heterocycles. The predicted molar refractivity (Wildman–Crippen MR) is 73.7 cm³/mol. The Balaban J connectivity index is 2.69. The molecule has 0 saturated carbocycles. The number of nitrogens with zero attached hydrogens (tertiary/aromatic N) is 1. The number of hydrogen-bond acceptors (Lipinski definition) is 3. The minimum atomic E-state index is -0.417. The van der Waals surface area contributed by atoms with Crippen molar-refractivity contribution < 1.29 is 9.53 Å². The molecular weight excluding hydrogens is 228 g/mol. The summed E-state index contributed by atoms with van der Waals surface area (Å²) in [5.74, 6) is 0.583. The summed E-state index contributed by atoms with van der Waals surface area (Å²) in [4.78, 5) is 14.1. The number of carbonyl (C=O) groups excluding carboxylic acids is 1. The molecular formula is C14H28N2O2. The Morgan fingerprint density at radius 1 is 1.44 bits per heavy atom. The Hall–Kier alpha value is -0.770. The molecule has 1 saturated heterocycles. The third-order valence-corrected chi connectivity index (χ3v) is 2.94. The number of carbonyl (C=O) groups is 1. The van der Waals surface area contributed by atoms with Crippen LogP contribution >= 0.6 is 0 Å². The fourth-order valence-corrected chi connectivity index (χ4v) is 2.25. The molecule has 4 heteroatoms. The lowest BCUT2D eigenvalue weighted by atomic mass is 10.0. The van der Waals surface area contributed by atoms with Crippen molar-refractivity contribution in [2.24, 2.45) is 5.92 Å². The Morgan fingerprint density at radius 3 is 2.67 bits per heavy atom. The zero-order chi connectivity index (χ0) is 13.8. The molecule has 18 heavy (non-hydrogen) atoms. The summed E-state index contributed by atoms with van der Waals surface area (Å²) in [5, 5.41) is 3.40. The molecule has 106 valence electrons. The van der Waals surface area contributed by atoms with E-state index in [4.69, 9.17) is 4.74 Å². The van der Waals surface area contributed by atoms with Crippen LogP contribution in [-0.2, 0) is 4.74 Å². The van der Waals surface area contributed by atoms with E-state index in [1.165, 1.54) is 0 Å². The molecule has 0 spiro atoms. The first-order chi connectivity index (χ1) is 8.29. The van der Waals surface area contributed by atoms with Gasteiger partial charge in [0, 0.05) is 19.1 Å². The van der Waals surface area contributed by atoms with E-state index in [0.29, 0.717) is 5.92 Å². The van der Waals surface area contributed by atoms with Crippen molar-refractivity contribution in [1.82, 2.24) is 10.2 Å². The van der Waals surface area contributed by atoms with Crippen LogP contribution in [0, 0.1) is 5.92 Å². The molecule has 1 aliphatic heterocycles. The maximum absolute atomic E-state index is 12.2. The Morgan fingerprint density at radius 2 is 2.11 bits per heavy atom. The molecule has 1 fully saturated rings. The fourth-order valence-electron chi connectivity index (χ4n) is 2.25. The summed E-state index contributed by atoms with van der Waals surface area (Å²) in [6.07, 6.45) is 1.84. The summed E-state index contributed by atoms with van der Waals surface area (Å²) in [5.41, 5.74) is -0.417. The van der Waals surface area contributed by atoms with Crippen LogP contribution < -0.4 is 5.32 Å². The topological polar surface area (TPSA) is 41.6 Å². The van der Waals surface area contributed by atoms with Gasteiger partial charge in [0.15, 0.2) is 0 Å². The first kappa shape index (κ1) is 15.3. The molecule has 0 aliphatic carbocycles. The molecule has 0 bridgehead atoms. The Bertz CT molecular complexity index is 271. The highest BCUT2D eigenvalue weighted by Crippen LogP contribution is 2.17. The maximum atomic E-state index is 12.2. The maximum Gasteiger partial charge on any atom is 0.410 e. The Labute approximate surface area is 111 Å². The van der Waals surface area contributed by atoms with Crippen molar-refractivity contribution in [3.8, 4) is 0 Å². The third-order valence-electron chi connectivity index (χ3n) is 2.94. The molecule has 0 aromatic rings. The highest BCUT2D eigenvalue weighted by atomic mass is 16.6. The normalized spacial score (nSPS) is 21.9. The number of rotatable bonds is 2. The van der Waals surface area contributed by atoms with Crippen LogP contribution in [-0.4, -0.2) is 42.3 Å². The van der Waals surface area contributed by atoms with Gasteiger partial charge in [-0.1, -0.05) is 13.8 Å². The van der Waals surface area contributed by atoms with Crippen molar-refractivity contribution in [3.63, 3.8) is 0 Å². The van der Waals surface area contributed by atoms with Gasteiger partial charge in [-0.05, 0) is 46.1 Å². The molecule has 4 nitrogen and oxygen atoms in total. The van der Waals surface area contributed by atoms with Gasteiger partial charge in [-0.15, -0.1) is 0 Å². The lowest BCUT2D eigenvalue weighted by Crippen LogP contribution is -2.46. The summed E-state index contributed by atoms with van der Waals surface area (Å²) in [6, 6.07) is 0.252. The summed E-state index contributed by atoms with van der Waals surface area (Å²) in [7, 11) is 0. The lowest BCUT2D eigenvalue weighted by molar-refractivity contribution is 0.0159. The lowest BCUT2D eigenvalue weighted by Gasteiger charge is -2.33. The minimum absolute atomic E-state index is 0.170. The quantitative estimate of drug-likeness (QED) is 0.826. The summed E-state index contributed by atoms with van der Waals surface area (Å²) >= 11 is 0. The van der Waals surface area contributed by atoms with Crippen LogP contribution in [0.15, 0.2) is 0 Å². The highest BCUT2D eigenvalue weighted by molar-refractivity contribution is 5.68. The van der Waals surface area contributed by atoms with Gasteiger partial charge >= 0.3 is 6.09 Å². The van der Waals surface area contributed by atoms with Crippen molar-refractivity contribution in [1.29, 1.82) is 0 Å². The second-order valence-corrected chi connectivity index (χ2v) is 6.51. The number of ether oxygens (including phenoxy) is 1. The van der Waals surface area contributed by atoms with Gasteiger partial charge in [0.05, 0.1) is 0 Å². The molecule has 1 aliphatic rings. The van der Waals surface area contributed by atoms with Gasteiger partial charge in [-0.25, -0.2) is 4.79 Å². The van der Waals surface area contributed by atoms with E-state index in [0.717, 1.165) is 32.5 Å². The predicted octanol–water partition coefficient (Wildman–Crippen LogP) is 2.63. The average Bonchev–Trinajstić information content (AvgIpc) is 2.39. The van der Waals surface area contributed by atoms with E-state index in [9.17, 15) is 4.79 Å². The smallest absolute Gasteiger partial charge is 0.410 e. The molecule has 0 aromatic heterocycles. The standard InChI is InChI=1S/C14H28N2O2/c1-11(2)9-12-10-15-7-6-8-16(12)13(17)18-14(3,4)5/h11-12,15H,6-10H2,1-5H3/t12-/m1/s1. The third kappa shape index (κ3) is 5.25. The van der Waals surface area contributed by atoms with Crippen LogP contribution in [0.1, 0.15) is 47.5 Å². The van der Waals surface area contributed by atoms with Crippen LogP contribution in [0.4, 0.5) is 4.79 Å². The SMILES string of the molecule is CC(C)C[C@@H]1CNCCCN1C(=O)OC(C)(C)C. The monoisotopic (exact) mass is 256 g/mol. The van der Waals surface area contributed by atoms with E-state index >= 15 is 0 Å². The second kappa shape index (κ2) is 6.41. The van der Waals surface area contributed by atoms with Crippen LogP contribution in [0.2, 0.25) is 0 Å². The van der Waals surface area contributed by atoms with E-state index in [-0.39, 0.29) is 12.1 Å². The van der Waals surface area contributed by atoms with Crippen molar-refractivity contribution in [2.75, 3.05) is 19.6 Å².